The predicted octanol–water partition coefficient (Wildman–Crippen LogP) is 1.89. The Morgan fingerprint density at radius 2 is 2.12 bits per heavy atom. The number of imidazole rings is 1. The first-order chi connectivity index (χ1) is 11.6. The quantitative estimate of drug-likeness (QED) is 0.753. The van der Waals surface area contributed by atoms with Crippen molar-refractivity contribution in [2.75, 3.05) is 18.0 Å². The van der Waals surface area contributed by atoms with Crippen LogP contribution in [0.3, 0.4) is 0 Å². The lowest BCUT2D eigenvalue weighted by Gasteiger charge is -2.20. The summed E-state index contributed by atoms with van der Waals surface area (Å²) in [5.41, 5.74) is 8.16. The number of nitrogens with two attached hydrogens (primary N) is 1. The zero-order valence-corrected chi connectivity index (χ0v) is 13.1. The van der Waals surface area contributed by atoms with Gasteiger partial charge in [0.2, 0.25) is 0 Å². The van der Waals surface area contributed by atoms with Gasteiger partial charge in [0.25, 0.3) is 5.56 Å². The lowest BCUT2D eigenvalue weighted by molar-refractivity contribution is 0.623. The molecule has 2 fully saturated rings. The minimum Gasteiger partial charge on any atom is -0.367 e. The highest BCUT2D eigenvalue weighted by Gasteiger charge is 2.29. The second-order valence-electron chi connectivity index (χ2n) is 6.85. The third kappa shape index (κ3) is 1.91. The number of benzene rings is 1. The van der Waals surface area contributed by atoms with Crippen LogP contribution in [0.25, 0.3) is 21.9 Å². The van der Waals surface area contributed by atoms with Crippen molar-refractivity contribution in [1.82, 2.24) is 14.5 Å². The van der Waals surface area contributed by atoms with Gasteiger partial charge in [0, 0.05) is 30.6 Å². The van der Waals surface area contributed by atoms with Gasteiger partial charge in [-0.3, -0.25) is 4.79 Å². The fourth-order valence-electron chi connectivity index (χ4n) is 3.77. The highest BCUT2D eigenvalue weighted by atomic mass is 19.1. The van der Waals surface area contributed by atoms with E-state index in [0.29, 0.717) is 28.7 Å². The van der Waals surface area contributed by atoms with Gasteiger partial charge < -0.3 is 20.2 Å². The van der Waals surface area contributed by atoms with Crippen LogP contribution in [0.15, 0.2) is 23.3 Å². The van der Waals surface area contributed by atoms with Crippen LogP contribution in [0.4, 0.5) is 10.1 Å². The molecule has 2 aliphatic rings. The molecule has 0 radical (unpaired) electrons. The molecule has 0 spiro atoms. The molecule has 0 amide bonds. The molecule has 2 aromatic heterocycles. The Morgan fingerprint density at radius 3 is 2.83 bits per heavy atom. The van der Waals surface area contributed by atoms with Crippen molar-refractivity contribution in [2.45, 2.75) is 31.3 Å². The van der Waals surface area contributed by atoms with E-state index in [1.807, 2.05) is 4.90 Å². The van der Waals surface area contributed by atoms with E-state index in [4.69, 9.17) is 5.73 Å². The van der Waals surface area contributed by atoms with Crippen molar-refractivity contribution in [3.05, 3.63) is 34.6 Å². The lowest BCUT2D eigenvalue weighted by atomic mass is 10.1. The van der Waals surface area contributed by atoms with Gasteiger partial charge in [-0.05, 0) is 31.4 Å². The smallest absolute Gasteiger partial charge is 0.277 e. The number of H-pyrrole nitrogens is 1. The van der Waals surface area contributed by atoms with E-state index < -0.39 is 0 Å². The molecule has 1 saturated carbocycles. The van der Waals surface area contributed by atoms with E-state index >= 15 is 0 Å². The molecule has 1 aliphatic carbocycles. The van der Waals surface area contributed by atoms with Crippen molar-refractivity contribution < 1.29 is 4.39 Å². The van der Waals surface area contributed by atoms with Gasteiger partial charge in [0.05, 0.1) is 17.5 Å². The Bertz CT molecular complexity index is 1020. The molecular formula is C17H18FN5O. The summed E-state index contributed by atoms with van der Waals surface area (Å²) >= 11 is 0. The van der Waals surface area contributed by atoms with Crippen LogP contribution in [0.1, 0.15) is 25.3 Å². The molecule has 3 aromatic rings. The predicted molar refractivity (Wildman–Crippen MR) is 90.9 cm³/mol. The zero-order chi connectivity index (χ0) is 16.4. The molecule has 7 heteroatoms. The maximum Gasteiger partial charge on any atom is 0.277 e. The number of halogens is 1. The van der Waals surface area contributed by atoms with E-state index in [1.165, 1.54) is 12.4 Å². The van der Waals surface area contributed by atoms with Gasteiger partial charge in [-0.2, -0.15) is 0 Å². The fourth-order valence-corrected chi connectivity index (χ4v) is 3.77. The van der Waals surface area contributed by atoms with E-state index in [9.17, 15) is 9.18 Å². The SMILES string of the molecule is N[C@H]1CCN(c2cc3c(cc2F)c2nc[nH]c2c(=O)n3C2CC2)C1. The van der Waals surface area contributed by atoms with Crippen LogP contribution in [0, 0.1) is 5.82 Å². The first kappa shape index (κ1) is 14.0. The van der Waals surface area contributed by atoms with Crippen molar-refractivity contribution in [2.24, 2.45) is 5.73 Å². The molecule has 0 unspecified atom stereocenters. The summed E-state index contributed by atoms with van der Waals surface area (Å²) in [5, 5.41) is 0.683. The molecule has 1 atom stereocenters. The average molecular weight is 327 g/mol. The fraction of sp³-hybridized carbons (Fsp3) is 0.412. The van der Waals surface area contributed by atoms with Crippen molar-refractivity contribution >= 4 is 27.6 Å². The standard InChI is InChI=1S/C17H18FN5O/c18-12-5-11-13(6-14(12)22-4-3-9(19)7-22)23(10-1-2-10)17(24)16-15(11)20-8-21-16/h5-6,8-10H,1-4,7,19H2,(H,20,21)/t9-/m0/s1. The Balaban J connectivity index is 1.83. The van der Waals surface area contributed by atoms with Crippen LogP contribution in [0.5, 0.6) is 0 Å². The minimum atomic E-state index is -0.290. The third-order valence-corrected chi connectivity index (χ3v) is 5.13. The average Bonchev–Trinajstić information content (AvgIpc) is 3.09. The number of nitrogens with one attached hydrogen (secondary N) is 1. The number of aromatic amines is 1. The molecule has 5 rings (SSSR count). The second-order valence-corrected chi connectivity index (χ2v) is 6.85. The van der Waals surface area contributed by atoms with Gasteiger partial charge in [0.15, 0.2) is 0 Å². The number of hydrogen-bond acceptors (Lipinski definition) is 4. The molecular weight excluding hydrogens is 309 g/mol. The Kier molecular flexibility index (Phi) is 2.79. The molecule has 1 saturated heterocycles. The summed E-state index contributed by atoms with van der Waals surface area (Å²) < 4.78 is 16.6. The third-order valence-electron chi connectivity index (χ3n) is 5.13. The number of hydrogen-bond donors (Lipinski definition) is 2. The van der Waals surface area contributed by atoms with E-state index in [0.717, 1.165) is 31.3 Å². The Hall–Kier alpha value is -2.41. The maximum atomic E-state index is 14.8. The number of nitrogens with zero attached hydrogens (tertiary/aromatic N) is 3. The van der Waals surface area contributed by atoms with Gasteiger partial charge in [-0.25, -0.2) is 9.37 Å². The van der Waals surface area contributed by atoms with Gasteiger partial charge in [0.1, 0.15) is 16.9 Å². The van der Waals surface area contributed by atoms with E-state index in [-0.39, 0.29) is 23.5 Å². The van der Waals surface area contributed by atoms with Gasteiger partial charge in [-0.15, -0.1) is 0 Å². The van der Waals surface area contributed by atoms with Gasteiger partial charge >= 0.3 is 0 Å². The highest BCUT2D eigenvalue weighted by Crippen LogP contribution is 2.38. The maximum absolute atomic E-state index is 14.8. The molecule has 0 bridgehead atoms. The number of pyridine rings is 1. The first-order valence-corrected chi connectivity index (χ1v) is 8.35. The van der Waals surface area contributed by atoms with Crippen molar-refractivity contribution in [3.63, 3.8) is 0 Å². The van der Waals surface area contributed by atoms with Crippen molar-refractivity contribution in [3.8, 4) is 0 Å². The summed E-state index contributed by atoms with van der Waals surface area (Å²) in [6, 6.07) is 3.58. The topological polar surface area (TPSA) is 79.9 Å². The highest BCUT2D eigenvalue weighted by molar-refractivity contribution is 6.03. The normalized spacial score (nSPS) is 21.2. The van der Waals surface area contributed by atoms with Crippen LogP contribution in [-0.2, 0) is 0 Å². The molecule has 1 aromatic carbocycles. The molecule has 6 nitrogen and oxygen atoms in total. The van der Waals surface area contributed by atoms with Crippen molar-refractivity contribution in [1.29, 1.82) is 0 Å². The molecule has 24 heavy (non-hydrogen) atoms. The number of rotatable bonds is 2. The van der Waals surface area contributed by atoms with Crippen LogP contribution >= 0.6 is 0 Å². The molecule has 1 aliphatic heterocycles. The van der Waals surface area contributed by atoms with Gasteiger partial charge in [-0.1, -0.05) is 0 Å². The largest absolute Gasteiger partial charge is 0.367 e. The first-order valence-electron chi connectivity index (χ1n) is 8.35. The number of aromatic nitrogens is 3. The summed E-state index contributed by atoms with van der Waals surface area (Å²) in [6.07, 6.45) is 4.31. The number of fused-ring (bicyclic) bond motifs is 3. The summed E-state index contributed by atoms with van der Waals surface area (Å²) in [6.45, 7) is 1.38. The summed E-state index contributed by atoms with van der Waals surface area (Å²) in [7, 11) is 0. The van der Waals surface area contributed by atoms with Crippen LogP contribution in [-0.4, -0.2) is 33.7 Å². The number of anilines is 1. The lowest BCUT2D eigenvalue weighted by Crippen LogP contribution is -2.27. The molecule has 3 N–H and O–H groups in total. The van der Waals surface area contributed by atoms with Crippen LogP contribution < -0.4 is 16.2 Å². The summed E-state index contributed by atoms with van der Waals surface area (Å²) in [4.78, 5) is 21.9. The Labute approximate surface area is 137 Å². The van der Waals surface area contributed by atoms with E-state index in [1.54, 1.807) is 10.6 Å². The monoisotopic (exact) mass is 327 g/mol. The summed E-state index contributed by atoms with van der Waals surface area (Å²) in [5.74, 6) is -0.290. The zero-order valence-electron chi connectivity index (χ0n) is 13.1. The van der Waals surface area contributed by atoms with Crippen LogP contribution in [0.2, 0.25) is 0 Å². The minimum absolute atomic E-state index is 0.0690. The molecule has 3 heterocycles. The second kappa shape index (κ2) is 4.80. The Morgan fingerprint density at radius 1 is 1.29 bits per heavy atom. The van der Waals surface area contributed by atoms with E-state index in [2.05, 4.69) is 9.97 Å². The molecule has 124 valence electrons.